The zero-order valence-electron chi connectivity index (χ0n) is 15.0. The van der Waals surface area contributed by atoms with Gasteiger partial charge in [-0.2, -0.15) is 5.26 Å². The van der Waals surface area contributed by atoms with Crippen LogP contribution in [0.4, 0.5) is 0 Å². The monoisotopic (exact) mass is 352 g/mol. The molecular weight excluding hydrogens is 328 g/mol. The minimum Gasteiger partial charge on any atom is -0.490 e. The van der Waals surface area contributed by atoms with E-state index >= 15 is 0 Å². The third kappa shape index (κ3) is 6.48. The third-order valence-electron chi connectivity index (χ3n) is 3.76. The number of para-hydroxylation sites is 1. The second-order valence-electron chi connectivity index (χ2n) is 5.81. The van der Waals surface area contributed by atoms with Gasteiger partial charge in [-0.3, -0.25) is 4.79 Å². The molecule has 1 amide bonds. The molecule has 0 unspecified atom stereocenters. The van der Waals surface area contributed by atoms with Gasteiger partial charge >= 0.3 is 0 Å². The first-order valence-electron chi connectivity index (χ1n) is 8.79. The van der Waals surface area contributed by atoms with Crippen LogP contribution in [0.25, 0.3) is 0 Å². The predicted octanol–water partition coefficient (Wildman–Crippen LogP) is 3.63. The molecule has 0 aliphatic heterocycles. The second-order valence-corrected chi connectivity index (χ2v) is 5.81. The number of ether oxygens (including phenoxy) is 2. The number of nitrogens with one attached hydrogen (secondary N) is 1. The number of carbonyl (C=O) groups excluding carboxylic acids is 1. The van der Waals surface area contributed by atoms with Gasteiger partial charge in [-0.25, -0.2) is 0 Å². The summed E-state index contributed by atoms with van der Waals surface area (Å²) in [6, 6.07) is 17.4. The van der Waals surface area contributed by atoms with Gasteiger partial charge in [-0.05, 0) is 30.2 Å². The lowest BCUT2D eigenvalue weighted by Crippen LogP contribution is -2.22. The number of nitrogens with zero attached hydrogens (tertiary/aromatic N) is 1. The van der Waals surface area contributed by atoms with Gasteiger partial charge in [-0.1, -0.05) is 43.7 Å². The van der Waals surface area contributed by atoms with Gasteiger partial charge in [0, 0.05) is 12.1 Å². The highest BCUT2D eigenvalue weighted by Gasteiger charge is 2.05. The maximum atomic E-state index is 11.4. The number of amides is 1. The van der Waals surface area contributed by atoms with Crippen molar-refractivity contribution in [3.8, 4) is 17.6 Å². The summed E-state index contributed by atoms with van der Waals surface area (Å²) in [7, 11) is 0. The molecule has 0 fully saturated rings. The van der Waals surface area contributed by atoms with Crippen molar-refractivity contribution in [2.45, 2.75) is 32.7 Å². The van der Waals surface area contributed by atoms with Gasteiger partial charge in [0.1, 0.15) is 31.1 Å². The summed E-state index contributed by atoms with van der Waals surface area (Å²) in [6.45, 7) is 3.33. The van der Waals surface area contributed by atoms with Crippen LogP contribution in [-0.2, 0) is 17.8 Å². The molecule has 0 atom stereocenters. The molecule has 0 saturated heterocycles. The number of aryl methyl sites for hydroxylation is 1. The maximum absolute atomic E-state index is 11.4. The Kier molecular flexibility index (Phi) is 8.01. The largest absolute Gasteiger partial charge is 0.490 e. The molecule has 136 valence electrons. The fourth-order valence-electron chi connectivity index (χ4n) is 2.47. The molecular formula is C21H24N2O3. The molecule has 5 nitrogen and oxygen atoms in total. The van der Waals surface area contributed by atoms with E-state index in [1.165, 1.54) is 5.56 Å². The Morgan fingerprint density at radius 1 is 1.08 bits per heavy atom. The molecule has 0 aliphatic carbocycles. The summed E-state index contributed by atoms with van der Waals surface area (Å²) < 4.78 is 11.5. The van der Waals surface area contributed by atoms with Crippen LogP contribution in [0.3, 0.4) is 0 Å². The van der Waals surface area contributed by atoms with Crippen molar-refractivity contribution in [3.05, 3.63) is 59.7 Å². The number of carbonyl (C=O) groups is 1. The first kappa shape index (κ1) is 19.3. The van der Waals surface area contributed by atoms with Crippen molar-refractivity contribution in [2.75, 3.05) is 13.2 Å². The van der Waals surface area contributed by atoms with Crippen LogP contribution in [-0.4, -0.2) is 19.1 Å². The van der Waals surface area contributed by atoms with Crippen molar-refractivity contribution in [1.29, 1.82) is 5.26 Å². The van der Waals surface area contributed by atoms with Gasteiger partial charge < -0.3 is 14.8 Å². The smallest absolute Gasteiger partial charge is 0.234 e. The van der Waals surface area contributed by atoms with Crippen LogP contribution >= 0.6 is 0 Å². The fraction of sp³-hybridized carbons (Fsp3) is 0.333. The SMILES string of the molecule is CCCc1ccc(OCCOc2ccccc2CNC(=O)CC#N)cc1. The van der Waals surface area contributed by atoms with Crippen LogP contribution in [0.15, 0.2) is 48.5 Å². The number of hydrogen-bond donors (Lipinski definition) is 1. The Morgan fingerprint density at radius 2 is 1.81 bits per heavy atom. The Morgan fingerprint density at radius 3 is 2.54 bits per heavy atom. The molecule has 2 aromatic rings. The number of rotatable bonds is 10. The van der Waals surface area contributed by atoms with Crippen LogP contribution in [0, 0.1) is 11.3 Å². The van der Waals surface area contributed by atoms with Crippen molar-refractivity contribution in [3.63, 3.8) is 0 Å². The summed E-state index contributed by atoms with van der Waals surface area (Å²) >= 11 is 0. The topological polar surface area (TPSA) is 71.3 Å². The Balaban J connectivity index is 1.78. The zero-order chi connectivity index (χ0) is 18.6. The highest BCUT2D eigenvalue weighted by Crippen LogP contribution is 2.18. The molecule has 5 heteroatoms. The van der Waals surface area contributed by atoms with Gasteiger partial charge in [0.15, 0.2) is 0 Å². The number of benzene rings is 2. The lowest BCUT2D eigenvalue weighted by molar-refractivity contribution is -0.120. The van der Waals surface area contributed by atoms with E-state index in [0.29, 0.717) is 25.5 Å². The summed E-state index contributed by atoms with van der Waals surface area (Å²) in [4.78, 5) is 11.4. The van der Waals surface area contributed by atoms with Crippen LogP contribution in [0.1, 0.15) is 30.9 Å². The third-order valence-corrected chi connectivity index (χ3v) is 3.76. The minimum absolute atomic E-state index is 0.145. The van der Waals surface area contributed by atoms with E-state index in [4.69, 9.17) is 14.7 Å². The molecule has 2 rings (SSSR count). The molecule has 0 saturated carbocycles. The molecule has 1 N–H and O–H groups in total. The average Bonchev–Trinajstić information content (AvgIpc) is 2.66. The van der Waals surface area contributed by atoms with E-state index in [-0.39, 0.29) is 12.3 Å². The average molecular weight is 352 g/mol. The summed E-state index contributed by atoms with van der Waals surface area (Å²) in [5, 5.41) is 11.2. The minimum atomic E-state index is -0.294. The van der Waals surface area contributed by atoms with E-state index < -0.39 is 0 Å². The first-order chi connectivity index (χ1) is 12.7. The van der Waals surface area contributed by atoms with Crippen LogP contribution in [0.5, 0.6) is 11.5 Å². The zero-order valence-corrected chi connectivity index (χ0v) is 15.0. The standard InChI is InChI=1S/C21H24N2O3/c1-2-5-17-8-10-19(11-9-17)25-14-15-26-20-7-4-3-6-18(20)16-23-21(24)12-13-22/h3-4,6-11H,2,5,12,14-16H2,1H3,(H,23,24). The highest BCUT2D eigenvalue weighted by atomic mass is 16.5. The molecule has 26 heavy (non-hydrogen) atoms. The fourth-order valence-corrected chi connectivity index (χ4v) is 2.47. The van der Waals surface area contributed by atoms with E-state index in [9.17, 15) is 4.79 Å². The molecule has 0 bridgehead atoms. The van der Waals surface area contributed by atoms with Crippen LogP contribution in [0.2, 0.25) is 0 Å². The van der Waals surface area contributed by atoms with Crippen molar-refractivity contribution >= 4 is 5.91 Å². The number of hydrogen-bond acceptors (Lipinski definition) is 4. The highest BCUT2D eigenvalue weighted by molar-refractivity contribution is 5.78. The summed E-state index contributed by atoms with van der Waals surface area (Å²) in [5.41, 5.74) is 2.17. The molecule has 0 radical (unpaired) electrons. The Labute approximate surface area is 154 Å². The Hall–Kier alpha value is -3.00. The molecule has 0 spiro atoms. The lowest BCUT2D eigenvalue weighted by atomic mass is 10.1. The molecule has 0 aliphatic rings. The first-order valence-corrected chi connectivity index (χ1v) is 8.79. The maximum Gasteiger partial charge on any atom is 0.234 e. The van der Waals surface area contributed by atoms with E-state index in [1.807, 2.05) is 42.5 Å². The molecule has 0 heterocycles. The predicted molar refractivity (Wildman–Crippen MR) is 99.9 cm³/mol. The lowest BCUT2D eigenvalue weighted by Gasteiger charge is -2.12. The van der Waals surface area contributed by atoms with Crippen LogP contribution < -0.4 is 14.8 Å². The van der Waals surface area contributed by atoms with E-state index in [0.717, 1.165) is 24.2 Å². The summed E-state index contributed by atoms with van der Waals surface area (Å²) in [5.74, 6) is 1.23. The van der Waals surface area contributed by atoms with E-state index in [2.05, 4.69) is 24.4 Å². The van der Waals surface area contributed by atoms with Crippen molar-refractivity contribution < 1.29 is 14.3 Å². The quantitative estimate of drug-likeness (QED) is 0.663. The van der Waals surface area contributed by atoms with Gasteiger partial charge in [0.25, 0.3) is 0 Å². The van der Waals surface area contributed by atoms with Gasteiger partial charge in [-0.15, -0.1) is 0 Å². The summed E-state index contributed by atoms with van der Waals surface area (Å²) in [6.07, 6.45) is 2.06. The van der Waals surface area contributed by atoms with Gasteiger partial charge in [0.2, 0.25) is 5.91 Å². The number of nitriles is 1. The molecule has 0 aromatic heterocycles. The molecule has 2 aromatic carbocycles. The normalized spacial score (nSPS) is 10.0. The van der Waals surface area contributed by atoms with E-state index in [1.54, 1.807) is 0 Å². The van der Waals surface area contributed by atoms with Crippen molar-refractivity contribution in [1.82, 2.24) is 5.32 Å². The Bertz CT molecular complexity index is 736. The van der Waals surface area contributed by atoms with Crippen molar-refractivity contribution in [2.24, 2.45) is 0 Å². The second kappa shape index (κ2) is 10.8. The van der Waals surface area contributed by atoms with Gasteiger partial charge in [0.05, 0.1) is 6.07 Å².